The molecule has 4 atom stereocenters. The maximum Gasteiger partial charge on any atom is 0.411 e. The average Bonchev–Trinajstić information content (AvgIpc) is 3.73. The van der Waals surface area contributed by atoms with Crippen molar-refractivity contribution in [3.05, 3.63) is 130 Å². The lowest BCUT2D eigenvalue weighted by atomic mass is 10.0. The van der Waals surface area contributed by atoms with Gasteiger partial charge in [-0.2, -0.15) is 0 Å². The van der Waals surface area contributed by atoms with E-state index in [1.54, 1.807) is 17.0 Å². The Hall–Kier alpha value is -5.49. The van der Waals surface area contributed by atoms with Gasteiger partial charge in [-0.3, -0.25) is 14.9 Å². The maximum absolute atomic E-state index is 13.2. The van der Waals surface area contributed by atoms with Gasteiger partial charge in [0, 0.05) is 68.9 Å². The third-order valence-corrected chi connectivity index (χ3v) is 10.5. The number of rotatable bonds is 12. The van der Waals surface area contributed by atoms with Gasteiger partial charge in [-0.1, -0.05) is 66.7 Å². The number of hydrogen-bond donors (Lipinski definition) is 5. The SMILES string of the molecule is CN(CCN1C[C@H]2C[C@@H](OC(=O)Nc3ccccc3-c3ccccc3)C[C@H]2C1)C(=O)c1ccc(CNC[C@H](O)c2ccc(O)c3[nH]c(=O)ccc23)cc1. The summed E-state index contributed by atoms with van der Waals surface area (Å²) in [6, 6.07) is 31.3. The van der Waals surface area contributed by atoms with Crippen LogP contribution in [0.4, 0.5) is 10.5 Å². The molecule has 5 aromatic rings. The summed E-state index contributed by atoms with van der Waals surface area (Å²) in [5.41, 5.74) is 4.87. The smallest absolute Gasteiger partial charge is 0.411 e. The van der Waals surface area contributed by atoms with Gasteiger partial charge in [-0.05, 0) is 71.7 Å². The Bertz CT molecular complexity index is 2110. The van der Waals surface area contributed by atoms with Crippen LogP contribution in [0.25, 0.3) is 22.0 Å². The van der Waals surface area contributed by atoms with Crippen molar-refractivity contribution in [1.29, 1.82) is 0 Å². The first-order valence-electron chi connectivity index (χ1n) is 18.1. The van der Waals surface area contributed by atoms with E-state index in [9.17, 15) is 24.6 Å². The third-order valence-electron chi connectivity index (χ3n) is 10.5. The van der Waals surface area contributed by atoms with Crippen molar-refractivity contribution in [1.82, 2.24) is 20.1 Å². The molecular weight excluding hydrogens is 670 g/mol. The van der Waals surface area contributed by atoms with Gasteiger partial charge in [0.15, 0.2) is 0 Å². The number of aromatic hydroxyl groups is 1. The number of hydrogen-bond acceptors (Lipinski definition) is 8. The Kier molecular flexibility index (Phi) is 10.9. The Labute approximate surface area is 308 Å². The summed E-state index contributed by atoms with van der Waals surface area (Å²) in [6.07, 6.45) is 0.317. The summed E-state index contributed by atoms with van der Waals surface area (Å²) in [7, 11) is 1.83. The number of aromatic amines is 1. The van der Waals surface area contributed by atoms with E-state index >= 15 is 0 Å². The summed E-state index contributed by atoms with van der Waals surface area (Å²) in [5.74, 6) is 0.855. The number of aromatic nitrogens is 1. The molecule has 1 aromatic heterocycles. The van der Waals surface area contributed by atoms with E-state index in [1.165, 1.54) is 12.1 Å². The summed E-state index contributed by atoms with van der Waals surface area (Å²) in [6.45, 7) is 4.02. The number of phenolic OH excluding ortho intramolecular Hbond substituents is 1. The van der Waals surface area contributed by atoms with Crippen molar-refractivity contribution in [3.63, 3.8) is 0 Å². The Morgan fingerprint density at radius 2 is 1.64 bits per heavy atom. The van der Waals surface area contributed by atoms with Crippen LogP contribution in [0.15, 0.2) is 108 Å². The van der Waals surface area contributed by atoms with E-state index in [-0.39, 0.29) is 29.9 Å². The van der Waals surface area contributed by atoms with Crippen LogP contribution in [0, 0.1) is 11.8 Å². The first-order valence-corrected chi connectivity index (χ1v) is 18.1. The quantitative estimate of drug-likeness (QED) is 0.110. The van der Waals surface area contributed by atoms with Gasteiger partial charge in [-0.25, -0.2) is 4.79 Å². The Balaban J connectivity index is 0.824. The van der Waals surface area contributed by atoms with Crippen LogP contribution in [0.3, 0.4) is 0 Å². The van der Waals surface area contributed by atoms with Crippen LogP contribution in [0.1, 0.15) is 40.4 Å². The maximum atomic E-state index is 13.2. The molecule has 0 bridgehead atoms. The number of anilines is 1. The molecule has 2 amide bonds. The molecule has 2 heterocycles. The van der Waals surface area contributed by atoms with Crippen LogP contribution in [0.5, 0.6) is 5.75 Å². The van der Waals surface area contributed by atoms with E-state index in [2.05, 4.69) is 20.5 Å². The van der Waals surface area contributed by atoms with Crippen LogP contribution in [0.2, 0.25) is 0 Å². The fourth-order valence-corrected chi connectivity index (χ4v) is 7.76. The molecule has 11 heteroatoms. The monoisotopic (exact) mass is 715 g/mol. The Morgan fingerprint density at radius 3 is 2.40 bits per heavy atom. The number of fused-ring (bicyclic) bond motifs is 2. The molecule has 53 heavy (non-hydrogen) atoms. The van der Waals surface area contributed by atoms with Crippen LogP contribution < -0.4 is 16.2 Å². The highest BCUT2D eigenvalue weighted by atomic mass is 16.6. The van der Waals surface area contributed by atoms with Gasteiger partial charge in [0.25, 0.3) is 5.91 Å². The number of phenols is 1. The molecule has 5 N–H and O–H groups in total. The second-order valence-corrected chi connectivity index (χ2v) is 14.2. The molecule has 1 saturated heterocycles. The molecule has 2 aliphatic rings. The van der Waals surface area contributed by atoms with Gasteiger partial charge >= 0.3 is 6.09 Å². The third kappa shape index (κ3) is 8.44. The molecule has 1 aliphatic carbocycles. The van der Waals surface area contributed by atoms with Crippen molar-refractivity contribution >= 4 is 28.6 Å². The van der Waals surface area contributed by atoms with Crippen molar-refractivity contribution in [3.8, 4) is 16.9 Å². The second-order valence-electron chi connectivity index (χ2n) is 14.2. The molecule has 4 aromatic carbocycles. The van der Waals surface area contributed by atoms with Gasteiger partial charge in [0.2, 0.25) is 5.56 Å². The Morgan fingerprint density at radius 1 is 0.925 bits per heavy atom. The first kappa shape index (κ1) is 35.9. The number of pyridine rings is 1. The molecule has 0 radical (unpaired) electrons. The number of benzene rings is 4. The number of ether oxygens (including phenoxy) is 1. The highest BCUT2D eigenvalue weighted by molar-refractivity contribution is 5.94. The fraction of sp³-hybridized carbons (Fsp3) is 0.310. The van der Waals surface area contributed by atoms with Gasteiger partial charge < -0.3 is 35.1 Å². The summed E-state index contributed by atoms with van der Waals surface area (Å²) in [5, 5.41) is 27.7. The minimum atomic E-state index is -0.857. The molecular formula is C42H45N5O6. The van der Waals surface area contributed by atoms with Crippen LogP contribution in [-0.2, 0) is 11.3 Å². The number of carbonyl (C=O) groups is 2. The van der Waals surface area contributed by atoms with E-state index in [0.29, 0.717) is 47.0 Å². The van der Waals surface area contributed by atoms with Crippen LogP contribution in [-0.4, -0.2) is 82.9 Å². The van der Waals surface area contributed by atoms with Gasteiger partial charge in [0.05, 0.1) is 17.3 Å². The summed E-state index contributed by atoms with van der Waals surface area (Å²) < 4.78 is 5.88. The van der Waals surface area contributed by atoms with Crippen molar-refractivity contribution in [2.75, 3.05) is 45.1 Å². The van der Waals surface area contributed by atoms with Crippen LogP contribution >= 0.6 is 0 Å². The lowest BCUT2D eigenvalue weighted by molar-refractivity contribution is 0.0778. The predicted octanol–water partition coefficient (Wildman–Crippen LogP) is 5.76. The molecule has 0 unspecified atom stereocenters. The largest absolute Gasteiger partial charge is 0.506 e. The number of likely N-dealkylation sites (N-methyl/N-ethyl adjacent to an activating group) is 1. The van der Waals surface area contributed by atoms with E-state index in [1.807, 2.05) is 85.9 Å². The van der Waals surface area contributed by atoms with Crippen molar-refractivity contribution < 1.29 is 24.5 Å². The zero-order valence-corrected chi connectivity index (χ0v) is 29.7. The number of carbonyl (C=O) groups excluding carboxylic acids is 2. The van der Waals surface area contributed by atoms with Gasteiger partial charge in [0.1, 0.15) is 11.9 Å². The number of H-pyrrole nitrogens is 1. The fourth-order valence-electron chi connectivity index (χ4n) is 7.76. The number of aliphatic hydroxyl groups excluding tert-OH is 1. The number of aliphatic hydroxyl groups is 1. The molecule has 1 aliphatic heterocycles. The molecule has 274 valence electrons. The standard InChI is InChI=1S/C42H45N5O6/c1-46(41(51)29-13-11-27(12-14-29)23-43-24-38(49)34-15-17-37(48)40-35(34)16-18-39(50)45-40)19-20-47-25-30-21-32(22-31(30)26-47)53-42(52)44-36-10-6-5-9-33(36)28-7-3-2-4-8-28/h2-18,30-32,38,43,48-49H,19-26H2,1H3,(H,44,52)(H,45,50)/t30-,31+,32-,38-/m0/s1. The molecule has 0 spiro atoms. The molecule has 11 nitrogen and oxygen atoms in total. The summed E-state index contributed by atoms with van der Waals surface area (Å²) >= 11 is 0. The predicted molar refractivity (Wildman–Crippen MR) is 205 cm³/mol. The lowest BCUT2D eigenvalue weighted by Crippen LogP contribution is -2.36. The highest BCUT2D eigenvalue weighted by Gasteiger charge is 2.42. The zero-order valence-electron chi connectivity index (χ0n) is 29.7. The van der Waals surface area contributed by atoms with Crippen molar-refractivity contribution in [2.45, 2.75) is 31.6 Å². The highest BCUT2D eigenvalue weighted by Crippen LogP contribution is 2.39. The number of nitrogens with one attached hydrogen (secondary N) is 3. The lowest BCUT2D eigenvalue weighted by Gasteiger charge is -2.23. The minimum Gasteiger partial charge on any atom is -0.506 e. The normalized spacial score (nSPS) is 18.8. The average molecular weight is 716 g/mol. The van der Waals surface area contributed by atoms with E-state index in [0.717, 1.165) is 54.9 Å². The topological polar surface area (TPSA) is 147 Å². The second kappa shape index (κ2) is 16.0. The van der Waals surface area contributed by atoms with Gasteiger partial charge in [-0.15, -0.1) is 0 Å². The minimum absolute atomic E-state index is 0.0371. The number of nitrogens with zero attached hydrogens (tertiary/aromatic N) is 2. The number of para-hydroxylation sites is 1. The molecule has 1 saturated carbocycles. The summed E-state index contributed by atoms with van der Waals surface area (Å²) in [4.78, 5) is 44.6. The van der Waals surface area contributed by atoms with Crippen molar-refractivity contribution in [2.24, 2.45) is 11.8 Å². The first-order chi connectivity index (χ1) is 25.7. The molecule has 7 rings (SSSR count). The molecule has 2 fully saturated rings. The van der Waals surface area contributed by atoms with E-state index < -0.39 is 12.2 Å². The zero-order chi connectivity index (χ0) is 36.9. The number of likely N-dealkylation sites (tertiary alicyclic amines) is 1. The van der Waals surface area contributed by atoms with E-state index in [4.69, 9.17) is 4.74 Å². The number of amides is 2.